The highest BCUT2D eigenvalue weighted by molar-refractivity contribution is 5.08. The number of nitrogens with zero attached hydrogens (tertiary/aromatic N) is 1. The number of nitriles is 1. The topological polar surface area (TPSA) is 42.2 Å². The number of rotatable bonds is 1. The highest BCUT2D eigenvalue weighted by Crippen LogP contribution is 2.47. The van der Waals surface area contributed by atoms with Gasteiger partial charge in [0, 0.05) is 0 Å². The maximum atomic E-state index is 12.7. The first kappa shape index (κ1) is 11.1. The van der Waals surface area contributed by atoms with Crippen molar-refractivity contribution in [2.75, 3.05) is 13.2 Å². The van der Waals surface area contributed by atoms with E-state index in [4.69, 9.17) is 5.26 Å². The second kappa shape index (κ2) is 3.03. The first-order valence-corrected chi connectivity index (χ1v) is 3.40. The lowest BCUT2D eigenvalue weighted by Gasteiger charge is -2.31. The van der Waals surface area contributed by atoms with E-state index in [0.717, 1.165) is 0 Å². The Morgan fingerprint density at radius 1 is 1.07 bits per heavy atom. The minimum absolute atomic E-state index is 0.227. The molecule has 1 aliphatic heterocycles. The zero-order valence-electron chi connectivity index (χ0n) is 6.57. The molecule has 0 aromatic rings. The molecule has 14 heavy (non-hydrogen) atoms. The first-order valence-electron chi connectivity index (χ1n) is 3.40. The molecule has 1 saturated heterocycles. The minimum Gasteiger partial charge on any atom is -0.335 e. The van der Waals surface area contributed by atoms with E-state index in [0.29, 0.717) is 0 Å². The van der Waals surface area contributed by atoms with Crippen molar-refractivity contribution in [1.29, 1.82) is 5.26 Å². The van der Waals surface area contributed by atoms with Crippen molar-refractivity contribution in [3.63, 3.8) is 0 Å². The van der Waals surface area contributed by atoms with Crippen LogP contribution in [-0.2, 0) is 9.47 Å². The minimum atomic E-state index is -5.46. The molecule has 8 heteroatoms. The molecule has 0 bridgehead atoms. The van der Waals surface area contributed by atoms with Crippen molar-refractivity contribution in [2.24, 2.45) is 0 Å². The highest BCUT2D eigenvalue weighted by atomic mass is 19.4. The summed E-state index contributed by atoms with van der Waals surface area (Å²) in [6, 6.07) is 0.227. The SMILES string of the molecule is N#CC(F)(F)C1(C(F)(F)F)OCCO1. The molecule has 3 nitrogen and oxygen atoms in total. The van der Waals surface area contributed by atoms with E-state index in [-0.39, 0.29) is 6.07 Å². The van der Waals surface area contributed by atoms with Crippen molar-refractivity contribution >= 4 is 0 Å². The van der Waals surface area contributed by atoms with Gasteiger partial charge in [0.2, 0.25) is 0 Å². The summed E-state index contributed by atoms with van der Waals surface area (Å²) in [5, 5.41) is 7.92. The van der Waals surface area contributed by atoms with Gasteiger partial charge < -0.3 is 9.47 Å². The molecule has 0 unspecified atom stereocenters. The van der Waals surface area contributed by atoms with Crippen molar-refractivity contribution in [3.8, 4) is 6.07 Å². The lowest BCUT2D eigenvalue weighted by Crippen LogP contribution is -2.59. The Morgan fingerprint density at radius 3 is 1.79 bits per heavy atom. The average molecular weight is 217 g/mol. The van der Waals surface area contributed by atoms with E-state index in [9.17, 15) is 22.0 Å². The van der Waals surface area contributed by atoms with E-state index >= 15 is 0 Å². The van der Waals surface area contributed by atoms with Crippen molar-refractivity contribution in [1.82, 2.24) is 0 Å². The van der Waals surface area contributed by atoms with Gasteiger partial charge in [0.25, 0.3) is 0 Å². The summed E-state index contributed by atoms with van der Waals surface area (Å²) in [4.78, 5) is 0. The molecule has 0 N–H and O–H groups in total. The summed E-state index contributed by atoms with van der Waals surface area (Å²) < 4.78 is 69.7. The third kappa shape index (κ3) is 1.33. The summed E-state index contributed by atoms with van der Waals surface area (Å²) in [6.45, 7) is -1.26. The van der Waals surface area contributed by atoms with Crippen LogP contribution in [0.3, 0.4) is 0 Å². The summed E-state index contributed by atoms with van der Waals surface area (Å²) in [5.74, 6) is -8.88. The fourth-order valence-electron chi connectivity index (χ4n) is 1.01. The number of halogens is 5. The predicted molar refractivity (Wildman–Crippen MR) is 31.2 cm³/mol. The fourth-order valence-corrected chi connectivity index (χ4v) is 1.01. The van der Waals surface area contributed by atoms with Crippen LogP contribution in [0.5, 0.6) is 0 Å². The number of hydrogen-bond donors (Lipinski definition) is 0. The van der Waals surface area contributed by atoms with Crippen LogP contribution in [0.2, 0.25) is 0 Å². The quantitative estimate of drug-likeness (QED) is 0.624. The van der Waals surface area contributed by atoms with Crippen LogP contribution in [-0.4, -0.2) is 31.1 Å². The summed E-state index contributed by atoms with van der Waals surface area (Å²) >= 11 is 0. The van der Waals surface area contributed by atoms with Gasteiger partial charge in [0.05, 0.1) is 13.2 Å². The van der Waals surface area contributed by atoms with E-state index in [1.807, 2.05) is 0 Å². The largest absolute Gasteiger partial charge is 0.451 e. The molecular formula is C6H4F5NO2. The number of alkyl halides is 5. The second-order valence-corrected chi connectivity index (χ2v) is 2.50. The van der Waals surface area contributed by atoms with Gasteiger partial charge in [-0.3, -0.25) is 0 Å². The Kier molecular flexibility index (Phi) is 2.41. The maximum Gasteiger partial charge on any atom is 0.451 e. The molecule has 0 spiro atoms. The molecule has 0 atom stereocenters. The molecule has 1 rings (SSSR count). The van der Waals surface area contributed by atoms with Crippen LogP contribution >= 0.6 is 0 Å². The lowest BCUT2D eigenvalue weighted by molar-refractivity contribution is -0.397. The van der Waals surface area contributed by atoms with Crippen LogP contribution in [0.4, 0.5) is 22.0 Å². The van der Waals surface area contributed by atoms with Crippen LogP contribution in [0, 0.1) is 11.3 Å². The Balaban J connectivity index is 3.13. The van der Waals surface area contributed by atoms with Crippen molar-refractivity contribution in [3.05, 3.63) is 0 Å². The molecule has 80 valence electrons. The highest BCUT2D eigenvalue weighted by Gasteiger charge is 2.75. The standard InChI is InChI=1S/C6H4F5NO2/c7-4(8,3-12)5(6(9,10)11)13-1-2-14-5/h1-2H2. The van der Waals surface area contributed by atoms with Gasteiger partial charge in [-0.15, -0.1) is 0 Å². The normalized spacial score (nSPS) is 22.0. The predicted octanol–water partition coefficient (Wildman–Crippen LogP) is 1.45. The fraction of sp³-hybridized carbons (Fsp3) is 0.833. The zero-order valence-corrected chi connectivity index (χ0v) is 6.57. The van der Waals surface area contributed by atoms with Gasteiger partial charge in [-0.05, 0) is 0 Å². The summed E-state index contributed by atoms with van der Waals surface area (Å²) in [7, 11) is 0. The van der Waals surface area contributed by atoms with Crippen LogP contribution < -0.4 is 0 Å². The van der Waals surface area contributed by atoms with Gasteiger partial charge >= 0.3 is 17.9 Å². The summed E-state index contributed by atoms with van der Waals surface area (Å²) in [5.41, 5.74) is 0. The molecule has 0 radical (unpaired) electrons. The van der Waals surface area contributed by atoms with E-state index in [2.05, 4.69) is 9.47 Å². The van der Waals surface area contributed by atoms with E-state index in [1.165, 1.54) is 0 Å². The third-order valence-corrected chi connectivity index (χ3v) is 1.62. The molecule has 0 amide bonds. The van der Waals surface area contributed by atoms with Gasteiger partial charge in [-0.2, -0.15) is 27.2 Å². The average Bonchev–Trinajstić information content (AvgIpc) is 2.52. The van der Waals surface area contributed by atoms with E-state index in [1.54, 1.807) is 0 Å². The Labute approximate surface area is 75.0 Å². The van der Waals surface area contributed by atoms with E-state index < -0.39 is 31.1 Å². The first-order chi connectivity index (χ1) is 6.27. The van der Waals surface area contributed by atoms with Crippen LogP contribution in [0.15, 0.2) is 0 Å². The Hall–Kier alpha value is -0.940. The van der Waals surface area contributed by atoms with Gasteiger partial charge in [0.15, 0.2) is 0 Å². The van der Waals surface area contributed by atoms with Crippen LogP contribution in [0.25, 0.3) is 0 Å². The molecule has 1 fully saturated rings. The molecule has 0 saturated carbocycles. The second-order valence-electron chi connectivity index (χ2n) is 2.50. The molecular weight excluding hydrogens is 213 g/mol. The Morgan fingerprint density at radius 2 is 1.50 bits per heavy atom. The van der Waals surface area contributed by atoms with Crippen molar-refractivity contribution in [2.45, 2.75) is 17.9 Å². The molecule has 0 aromatic carbocycles. The lowest BCUT2D eigenvalue weighted by atomic mass is 10.1. The number of hydrogen-bond acceptors (Lipinski definition) is 3. The Bertz CT molecular complexity index is 262. The third-order valence-electron chi connectivity index (χ3n) is 1.62. The molecule has 0 aliphatic carbocycles. The maximum absolute atomic E-state index is 12.7. The van der Waals surface area contributed by atoms with Gasteiger partial charge in [0.1, 0.15) is 6.07 Å². The monoisotopic (exact) mass is 217 g/mol. The van der Waals surface area contributed by atoms with Gasteiger partial charge in [-0.1, -0.05) is 0 Å². The number of ether oxygens (including phenoxy) is 2. The molecule has 0 aromatic heterocycles. The molecule has 1 heterocycles. The zero-order chi connectivity index (χ0) is 11.0. The van der Waals surface area contributed by atoms with Crippen molar-refractivity contribution < 1.29 is 31.4 Å². The van der Waals surface area contributed by atoms with Gasteiger partial charge in [-0.25, -0.2) is 0 Å². The smallest absolute Gasteiger partial charge is 0.335 e. The summed E-state index contributed by atoms with van der Waals surface area (Å²) in [6.07, 6.45) is -5.46. The van der Waals surface area contributed by atoms with Crippen LogP contribution in [0.1, 0.15) is 0 Å². The molecule has 1 aliphatic rings.